The summed E-state index contributed by atoms with van der Waals surface area (Å²) in [5, 5.41) is 2.91. The third kappa shape index (κ3) is 4.58. The summed E-state index contributed by atoms with van der Waals surface area (Å²) in [6.45, 7) is 3.71. The maximum atomic E-state index is 12.1. The van der Waals surface area contributed by atoms with Crippen LogP contribution in [-0.2, 0) is 4.79 Å². The van der Waals surface area contributed by atoms with Crippen LogP contribution in [0.15, 0.2) is 54.6 Å². The minimum Gasteiger partial charge on any atom is -0.369 e. The van der Waals surface area contributed by atoms with E-state index in [1.165, 1.54) is 0 Å². The predicted octanol–water partition coefficient (Wildman–Crippen LogP) is 1.55. The molecular weight excluding hydrogens is 316 g/mol. The third-order valence-corrected chi connectivity index (χ3v) is 4.31. The Morgan fingerprint density at radius 1 is 0.920 bits per heavy atom. The number of amides is 2. The zero-order valence-electron chi connectivity index (χ0n) is 14.0. The summed E-state index contributed by atoms with van der Waals surface area (Å²) >= 11 is 0. The van der Waals surface area contributed by atoms with E-state index in [0.717, 1.165) is 37.6 Å². The Kier molecular flexibility index (Phi) is 5.30. The minimum absolute atomic E-state index is 0.00506. The minimum atomic E-state index is -0.416. The van der Waals surface area contributed by atoms with Crippen LogP contribution in [0.5, 0.6) is 0 Å². The van der Waals surface area contributed by atoms with Crippen LogP contribution in [0.25, 0.3) is 0 Å². The third-order valence-electron chi connectivity index (χ3n) is 4.31. The lowest BCUT2D eigenvalue weighted by Gasteiger charge is -2.35. The molecule has 1 aliphatic rings. The van der Waals surface area contributed by atoms with Gasteiger partial charge in [-0.2, -0.15) is 0 Å². The molecule has 0 saturated carbocycles. The van der Waals surface area contributed by atoms with Gasteiger partial charge in [-0.3, -0.25) is 14.5 Å². The number of anilines is 2. The average Bonchev–Trinajstić information content (AvgIpc) is 2.63. The van der Waals surface area contributed by atoms with E-state index in [0.29, 0.717) is 12.1 Å². The van der Waals surface area contributed by atoms with Crippen LogP contribution in [0.1, 0.15) is 10.4 Å². The van der Waals surface area contributed by atoms with Crippen molar-refractivity contribution in [2.45, 2.75) is 0 Å². The van der Waals surface area contributed by atoms with Crippen molar-refractivity contribution in [1.29, 1.82) is 0 Å². The molecule has 0 spiro atoms. The van der Waals surface area contributed by atoms with E-state index < -0.39 is 5.91 Å². The summed E-state index contributed by atoms with van der Waals surface area (Å²) in [7, 11) is 0. The van der Waals surface area contributed by atoms with Crippen LogP contribution in [0.2, 0.25) is 0 Å². The highest BCUT2D eigenvalue weighted by Crippen LogP contribution is 2.17. The zero-order valence-corrected chi connectivity index (χ0v) is 14.0. The van der Waals surface area contributed by atoms with Gasteiger partial charge in [0.25, 0.3) is 0 Å². The molecule has 0 aliphatic carbocycles. The van der Waals surface area contributed by atoms with Gasteiger partial charge in [0.1, 0.15) is 0 Å². The standard InChI is InChI=1S/C19H22N4O2/c20-19(25)15-6-8-17(9-7-15)23-12-10-22(11-13-23)14-18(24)21-16-4-2-1-3-5-16/h1-9H,10-14H2,(H2,20,25)(H,21,24). The van der Waals surface area contributed by atoms with Crippen molar-refractivity contribution in [3.63, 3.8) is 0 Å². The first-order valence-corrected chi connectivity index (χ1v) is 8.34. The molecule has 1 saturated heterocycles. The molecule has 6 heteroatoms. The van der Waals surface area contributed by atoms with E-state index in [1.54, 1.807) is 12.1 Å². The molecule has 0 bridgehead atoms. The molecule has 1 heterocycles. The van der Waals surface area contributed by atoms with E-state index in [2.05, 4.69) is 15.1 Å². The number of hydrogen-bond acceptors (Lipinski definition) is 4. The quantitative estimate of drug-likeness (QED) is 0.867. The first kappa shape index (κ1) is 17.0. The topological polar surface area (TPSA) is 78.7 Å². The molecule has 2 amide bonds. The summed E-state index contributed by atoms with van der Waals surface area (Å²) in [5.74, 6) is -0.411. The molecule has 6 nitrogen and oxygen atoms in total. The number of carbonyl (C=O) groups is 2. The first-order valence-electron chi connectivity index (χ1n) is 8.34. The largest absolute Gasteiger partial charge is 0.369 e. The number of benzene rings is 2. The number of nitrogens with one attached hydrogen (secondary N) is 1. The van der Waals surface area contributed by atoms with Crippen molar-refractivity contribution in [1.82, 2.24) is 4.90 Å². The number of nitrogens with zero attached hydrogens (tertiary/aromatic N) is 2. The van der Waals surface area contributed by atoms with Gasteiger partial charge in [-0.05, 0) is 36.4 Å². The summed E-state index contributed by atoms with van der Waals surface area (Å²) in [4.78, 5) is 27.6. The van der Waals surface area contributed by atoms with Gasteiger partial charge in [0.15, 0.2) is 0 Å². The number of rotatable bonds is 5. The molecule has 0 unspecified atom stereocenters. The average molecular weight is 338 g/mol. The molecule has 2 aromatic carbocycles. The smallest absolute Gasteiger partial charge is 0.248 e. The van der Waals surface area contributed by atoms with E-state index >= 15 is 0 Å². The Hall–Kier alpha value is -2.86. The second-order valence-corrected chi connectivity index (χ2v) is 6.09. The van der Waals surface area contributed by atoms with Crippen LogP contribution < -0.4 is 16.0 Å². The fourth-order valence-electron chi connectivity index (χ4n) is 2.93. The Labute approximate surface area is 147 Å². The molecule has 3 rings (SSSR count). The van der Waals surface area contributed by atoms with Gasteiger partial charge in [-0.1, -0.05) is 18.2 Å². The molecule has 3 N–H and O–H groups in total. The van der Waals surface area contributed by atoms with E-state index in [-0.39, 0.29) is 5.91 Å². The van der Waals surface area contributed by atoms with Gasteiger partial charge in [0.05, 0.1) is 6.54 Å². The van der Waals surface area contributed by atoms with Crippen LogP contribution in [0, 0.1) is 0 Å². The van der Waals surface area contributed by atoms with E-state index in [9.17, 15) is 9.59 Å². The van der Waals surface area contributed by atoms with Crippen LogP contribution in [0.4, 0.5) is 11.4 Å². The molecule has 130 valence electrons. The second kappa shape index (κ2) is 7.81. The molecule has 0 atom stereocenters. The molecule has 0 aromatic heterocycles. The summed E-state index contributed by atoms with van der Waals surface area (Å²) in [6, 6.07) is 16.8. The lowest BCUT2D eigenvalue weighted by molar-refractivity contribution is -0.117. The number of piperazine rings is 1. The Balaban J connectivity index is 1.48. The maximum Gasteiger partial charge on any atom is 0.248 e. The normalized spacial score (nSPS) is 15.0. The van der Waals surface area contributed by atoms with Crippen molar-refractivity contribution >= 4 is 23.2 Å². The first-order chi connectivity index (χ1) is 12.1. The Morgan fingerprint density at radius 3 is 2.16 bits per heavy atom. The Bertz CT molecular complexity index is 723. The summed E-state index contributed by atoms with van der Waals surface area (Å²) in [5.41, 5.74) is 7.67. The molecule has 25 heavy (non-hydrogen) atoms. The Morgan fingerprint density at radius 2 is 1.56 bits per heavy atom. The van der Waals surface area contributed by atoms with E-state index in [1.807, 2.05) is 42.5 Å². The van der Waals surface area contributed by atoms with Gasteiger partial charge in [-0.15, -0.1) is 0 Å². The zero-order chi connectivity index (χ0) is 17.6. The van der Waals surface area contributed by atoms with Gasteiger partial charge in [0, 0.05) is 43.1 Å². The van der Waals surface area contributed by atoms with Crippen molar-refractivity contribution < 1.29 is 9.59 Å². The highest BCUT2D eigenvalue weighted by Gasteiger charge is 2.19. The van der Waals surface area contributed by atoms with Gasteiger partial charge in [0.2, 0.25) is 11.8 Å². The van der Waals surface area contributed by atoms with Gasteiger partial charge < -0.3 is 16.0 Å². The lowest BCUT2D eigenvalue weighted by atomic mass is 10.1. The highest BCUT2D eigenvalue weighted by atomic mass is 16.2. The summed E-state index contributed by atoms with van der Waals surface area (Å²) in [6.07, 6.45) is 0. The highest BCUT2D eigenvalue weighted by molar-refractivity contribution is 5.93. The number of para-hydroxylation sites is 1. The molecule has 2 aromatic rings. The van der Waals surface area contributed by atoms with Crippen molar-refractivity contribution in [2.75, 3.05) is 42.9 Å². The van der Waals surface area contributed by atoms with E-state index in [4.69, 9.17) is 5.73 Å². The second-order valence-electron chi connectivity index (χ2n) is 6.09. The van der Waals surface area contributed by atoms with Crippen LogP contribution >= 0.6 is 0 Å². The number of carbonyl (C=O) groups excluding carboxylic acids is 2. The van der Waals surface area contributed by atoms with Crippen molar-refractivity contribution in [3.05, 3.63) is 60.2 Å². The summed E-state index contributed by atoms with van der Waals surface area (Å²) < 4.78 is 0. The monoisotopic (exact) mass is 338 g/mol. The maximum absolute atomic E-state index is 12.1. The van der Waals surface area contributed by atoms with Gasteiger partial charge >= 0.3 is 0 Å². The van der Waals surface area contributed by atoms with Gasteiger partial charge in [-0.25, -0.2) is 0 Å². The number of nitrogens with two attached hydrogens (primary N) is 1. The molecular formula is C19H22N4O2. The van der Waals surface area contributed by atoms with Crippen LogP contribution in [-0.4, -0.2) is 49.4 Å². The molecule has 1 aliphatic heterocycles. The lowest BCUT2D eigenvalue weighted by Crippen LogP contribution is -2.48. The van der Waals surface area contributed by atoms with Crippen molar-refractivity contribution in [3.8, 4) is 0 Å². The number of hydrogen-bond donors (Lipinski definition) is 2. The predicted molar refractivity (Wildman–Crippen MR) is 98.7 cm³/mol. The SMILES string of the molecule is NC(=O)c1ccc(N2CCN(CC(=O)Nc3ccccc3)CC2)cc1. The molecule has 0 radical (unpaired) electrons. The van der Waals surface area contributed by atoms with Crippen LogP contribution in [0.3, 0.4) is 0 Å². The van der Waals surface area contributed by atoms with Crippen molar-refractivity contribution in [2.24, 2.45) is 5.73 Å². The fourth-order valence-corrected chi connectivity index (χ4v) is 2.93. The molecule has 1 fully saturated rings. The number of primary amides is 1. The fraction of sp³-hybridized carbons (Fsp3) is 0.263.